The number of amides is 2. The van der Waals surface area contributed by atoms with Gasteiger partial charge in [0.25, 0.3) is 5.69 Å². The third-order valence-electron chi connectivity index (χ3n) is 5.15. The van der Waals surface area contributed by atoms with Crippen LogP contribution >= 0.6 is 12.6 Å². The van der Waals surface area contributed by atoms with Crippen LogP contribution in [-0.4, -0.2) is 82.7 Å². The van der Waals surface area contributed by atoms with Crippen molar-refractivity contribution >= 4 is 30.3 Å². The number of rotatable bonds is 4. The van der Waals surface area contributed by atoms with Crippen LogP contribution in [0.25, 0.3) is 0 Å². The molecule has 0 N–H and O–H groups in total. The van der Waals surface area contributed by atoms with Crippen LogP contribution in [0.3, 0.4) is 0 Å². The largest absolute Gasteiger partial charge is 0.444 e. The topological polar surface area (TPSA) is 96.2 Å². The van der Waals surface area contributed by atoms with Gasteiger partial charge in [-0.15, -0.1) is 0 Å². The molecule has 1 unspecified atom stereocenters. The number of likely N-dealkylation sites (tertiary alicyclic amines) is 1. The average Bonchev–Trinajstić information content (AvgIpc) is 3.08. The molecule has 2 amide bonds. The van der Waals surface area contributed by atoms with Crippen LogP contribution in [0.5, 0.6) is 0 Å². The lowest BCUT2D eigenvalue weighted by Gasteiger charge is -2.35. The highest BCUT2D eigenvalue weighted by Gasteiger charge is 2.41. The van der Waals surface area contributed by atoms with Crippen LogP contribution < -0.4 is 0 Å². The molecule has 10 heteroatoms. The zero-order valence-corrected chi connectivity index (χ0v) is 16.6. The first-order valence-corrected chi connectivity index (χ1v) is 9.69. The van der Waals surface area contributed by atoms with E-state index in [1.165, 1.54) is 11.0 Å². The Labute approximate surface area is 168 Å². The van der Waals surface area contributed by atoms with Gasteiger partial charge in [0.15, 0.2) is 0 Å². The Kier molecular flexibility index (Phi) is 6.40. The molecule has 2 aliphatic rings. The van der Waals surface area contributed by atoms with Crippen LogP contribution in [0.2, 0.25) is 0 Å². The highest BCUT2D eigenvalue weighted by Crippen LogP contribution is 2.26. The minimum Gasteiger partial charge on any atom is -0.444 e. The molecular weight excluding hydrogens is 384 g/mol. The minimum atomic E-state index is -0.651. The Morgan fingerprint density at radius 1 is 1.25 bits per heavy atom. The Hall–Kier alpha value is -2.33. The fourth-order valence-electron chi connectivity index (χ4n) is 3.52. The molecule has 0 aliphatic carbocycles. The first kappa shape index (κ1) is 20.4. The van der Waals surface area contributed by atoms with E-state index < -0.39 is 17.1 Å². The van der Waals surface area contributed by atoms with Crippen molar-refractivity contribution in [1.29, 1.82) is 0 Å². The predicted octanol–water partition coefficient (Wildman–Crippen LogP) is 1.38. The maximum Gasteiger partial charge on any atom is 0.410 e. The number of benzene rings is 1. The van der Waals surface area contributed by atoms with Crippen molar-refractivity contribution in [3.8, 4) is 0 Å². The number of nitro benzene ring substituents is 1. The minimum absolute atomic E-state index is 0.0905. The van der Waals surface area contributed by atoms with E-state index in [4.69, 9.17) is 4.74 Å². The zero-order chi connectivity index (χ0) is 20.3. The van der Waals surface area contributed by atoms with Gasteiger partial charge in [0.2, 0.25) is 5.91 Å². The number of ether oxygens (including phenoxy) is 1. The standard InChI is InChI=1S/C18H24N4O5S/c1-19-6-8-20(9-7-19)17(23)16-10-14(28)11-21(16)18(24)27-12-13-4-2-3-5-15(13)22(25)26/h2-5,14,16,28H,6-12H2,1H3/t14-,16?/m0/s1. The molecule has 2 atom stereocenters. The van der Waals surface area contributed by atoms with Crippen LogP contribution in [0.1, 0.15) is 12.0 Å². The van der Waals surface area contributed by atoms with Crippen molar-refractivity contribution in [3.63, 3.8) is 0 Å². The van der Waals surface area contributed by atoms with E-state index in [2.05, 4.69) is 17.5 Å². The van der Waals surface area contributed by atoms with Gasteiger partial charge in [0, 0.05) is 44.0 Å². The summed E-state index contributed by atoms with van der Waals surface area (Å²) in [6.45, 7) is 2.93. The van der Waals surface area contributed by atoms with Crippen LogP contribution in [-0.2, 0) is 16.1 Å². The Bertz CT molecular complexity index is 753. The number of carbonyl (C=O) groups excluding carboxylic acids is 2. The molecule has 2 aliphatic heterocycles. The van der Waals surface area contributed by atoms with Crippen LogP contribution in [0.4, 0.5) is 10.5 Å². The molecule has 28 heavy (non-hydrogen) atoms. The first-order chi connectivity index (χ1) is 13.4. The third kappa shape index (κ3) is 4.56. The molecule has 1 aromatic carbocycles. The summed E-state index contributed by atoms with van der Waals surface area (Å²) in [5.74, 6) is -0.0905. The fraction of sp³-hybridized carbons (Fsp3) is 0.556. The van der Waals surface area contributed by atoms with Crippen molar-refractivity contribution in [2.45, 2.75) is 24.3 Å². The van der Waals surface area contributed by atoms with Gasteiger partial charge in [-0.3, -0.25) is 19.8 Å². The number of nitrogens with zero attached hydrogens (tertiary/aromatic N) is 4. The molecular formula is C18H24N4O5S. The first-order valence-electron chi connectivity index (χ1n) is 9.18. The van der Waals surface area contributed by atoms with Crippen molar-refractivity contribution in [2.24, 2.45) is 0 Å². The number of thiol groups is 1. The number of nitro groups is 1. The number of carbonyl (C=O) groups is 2. The molecule has 0 aromatic heterocycles. The molecule has 3 rings (SSSR count). The Balaban J connectivity index is 1.65. The maximum absolute atomic E-state index is 12.9. The lowest BCUT2D eigenvalue weighted by molar-refractivity contribution is -0.385. The molecule has 152 valence electrons. The summed E-state index contributed by atoms with van der Waals surface area (Å²) in [5, 5.41) is 11.0. The monoisotopic (exact) mass is 408 g/mol. The van der Waals surface area contributed by atoms with E-state index in [0.717, 1.165) is 13.1 Å². The van der Waals surface area contributed by atoms with Gasteiger partial charge < -0.3 is 14.5 Å². The van der Waals surface area contributed by atoms with Crippen LogP contribution in [0.15, 0.2) is 24.3 Å². The smallest absolute Gasteiger partial charge is 0.410 e. The molecule has 2 saturated heterocycles. The molecule has 2 heterocycles. The summed E-state index contributed by atoms with van der Waals surface area (Å²) in [7, 11) is 2.01. The van der Waals surface area contributed by atoms with Gasteiger partial charge in [-0.05, 0) is 19.5 Å². The van der Waals surface area contributed by atoms with Gasteiger partial charge in [-0.1, -0.05) is 12.1 Å². The van der Waals surface area contributed by atoms with Gasteiger partial charge >= 0.3 is 6.09 Å². The second kappa shape index (κ2) is 8.78. The van der Waals surface area contributed by atoms with Gasteiger partial charge in [-0.25, -0.2) is 4.79 Å². The fourth-order valence-corrected chi connectivity index (χ4v) is 3.90. The zero-order valence-electron chi connectivity index (χ0n) is 15.7. The summed E-state index contributed by atoms with van der Waals surface area (Å²) in [4.78, 5) is 41.4. The quantitative estimate of drug-likeness (QED) is 0.459. The molecule has 0 bridgehead atoms. The Morgan fingerprint density at radius 2 is 1.93 bits per heavy atom. The average molecular weight is 408 g/mol. The predicted molar refractivity (Wildman–Crippen MR) is 105 cm³/mol. The summed E-state index contributed by atoms with van der Waals surface area (Å²) in [6.07, 6.45) is -0.184. The van der Waals surface area contributed by atoms with E-state index in [9.17, 15) is 19.7 Å². The van der Waals surface area contributed by atoms with Crippen molar-refractivity contribution in [2.75, 3.05) is 39.8 Å². The molecule has 0 radical (unpaired) electrons. The number of para-hydroxylation sites is 1. The second-order valence-electron chi connectivity index (χ2n) is 7.13. The molecule has 2 fully saturated rings. The summed E-state index contributed by atoms with van der Waals surface area (Å²) < 4.78 is 5.31. The third-order valence-corrected chi connectivity index (χ3v) is 5.53. The number of hydrogen-bond donors (Lipinski definition) is 1. The highest BCUT2D eigenvalue weighted by atomic mass is 32.1. The normalized spacial score (nSPS) is 22.9. The summed E-state index contributed by atoms with van der Waals surface area (Å²) in [5.41, 5.74) is 0.207. The van der Waals surface area contributed by atoms with E-state index in [1.54, 1.807) is 23.1 Å². The lowest BCUT2D eigenvalue weighted by Crippen LogP contribution is -2.53. The van der Waals surface area contributed by atoms with Gasteiger partial charge in [-0.2, -0.15) is 12.6 Å². The summed E-state index contributed by atoms with van der Waals surface area (Å²) >= 11 is 4.44. The SMILES string of the molecule is CN1CCN(C(=O)C2C[C@H](S)CN2C(=O)OCc2ccccc2[N+](=O)[O-])CC1. The van der Waals surface area contributed by atoms with Gasteiger partial charge in [0.1, 0.15) is 12.6 Å². The number of likely N-dealkylation sites (N-methyl/N-ethyl adjacent to an activating group) is 1. The van der Waals surface area contributed by atoms with Crippen LogP contribution in [0, 0.1) is 10.1 Å². The molecule has 1 aromatic rings. The van der Waals surface area contributed by atoms with E-state index in [0.29, 0.717) is 31.6 Å². The number of piperazine rings is 1. The van der Waals surface area contributed by atoms with E-state index in [1.807, 2.05) is 7.05 Å². The maximum atomic E-state index is 12.9. The molecule has 9 nitrogen and oxygen atoms in total. The Morgan fingerprint density at radius 3 is 2.61 bits per heavy atom. The summed E-state index contributed by atoms with van der Waals surface area (Å²) in [6, 6.07) is 5.51. The lowest BCUT2D eigenvalue weighted by atomic mass is 10.1. The number of hydrogen-bond acceptors (Lipinski definition) is 7. The van der Waals surface area contributed by atoms with Crippen molar-refractivity contribution < 1.29 is 19.2 Å². The molecule has 0 saturated carbocycles. The van der Waals surface area contributed by atoms with Crippen molar-refractivity contribution in [1.82, 2.24) is 14.7 Å². The second-order valence-corrected chi connectivity index (χ2v) is 7.86. The van der Waals surface area contributed by atoms with E-state index in [-0.39, 0.29) is 23.5 Å². The van der Waals surface area contributed by atoms with E-state index >= 15 is 0 Å². The van der Waals surface area contributed by atoms with Crippen molar-refractivity contribution in [3.05, 3.63) is 39.9 Å². The van der Waals surface area contributed by atoms with Gasteiger partial charge in [0.05, 0.1) is 10.5 Å². The highest BCUT2D eigenvalue weighted by molar-refractivity contribution is 7.81. The molecule has 0 spiro atoms.